The molecule has 0 saturated heterocycles. The van der Waals surface area contributed by atoms with Crippen molar-refractivity contribution in [2.75, 3.05) is 30.9 Å². The third kappa shape index (κ3) is 4.12. The molecule has 0 bridgehead atoms. The van der Waals surface area contributed by atoms with Crippen molar-refractivity contribution >= 4 is 11.6 Å². The van der Waals surface area contributed by atoms with Crippen LogP contribution in [0.15, 0.2) is 6.07 Å². The van der Waals surface area contributed by atoms with Gasteiger partial charge in [0, 0.05) is 32.4 Å². The Labute approximate surface area is 108 Å². The van der Waals surface area contributed by atoms with Crippen LogP contribution in [0.1, 0.15) is 26.1 Å². The first-order chi connectivity index (χ1) is 8.58. The summed E-state index contributed by atoms with van der Waals surface area (Å²) in [5.41, 5.74) is 5.77. The maximum absolute atomic E-state index is 8.93. The zero-order valence-electron chi connectivity index (χ0n) is 11.3. The number of aliphatic hydroxyl groups excluding tert-OH is 1. The number of nitrogens with two attached hydrogens (primary N) is 1. The van der Waals surface area contributed by atoms with E-state index < -0.39 is 0 Å². The van der Waals surface area contributed by atoms with E-state index in [0.29, 0.717) is 24.7 Å². The SMILES string of the molecule is COCc1nc(N)cc(N(CCCO)C(C)C)n1. The van der Waals surface area contributed by atoms with Crippen molar-refractivity contribution in [3.63, 3.8) is 0 Å². The Morgan fingerprint density at radius 2 is 2.17 bits per heavy atom. The van der Waals surface area contributed by atoms with Gasteiger partial charge in [-0.2, -0.15) is 0 Å². The zero-order valence-corrected chi connectivity index (χ0v) is 11.3. The van der Waals surface area contributed by atoms with Gasteiger partial charge in [-0.25, -0.2) is 9.97 Å². The summed E-state index contributed by atoms with van der Waals surface area (Å²) in [7, 11) is 1.60. The highest BCUT2D eigenvalue weighted by Crippen LogP contribution is 2.17. The van der Waals surface area contributed by atoms with Gasteiger partial charge in [-0.15, -0.1) is 0 Å². The third-order valence-electron chi connectivity index (χ3n) is 2.53. The number of rotatable bonds is 7. The molecule has 0 aromatic carbocycles. The first kappa shape index (κ1) is 14.7. The quantitative estimate of drug-likeness (QED) is 0.749. The Hall–Kier alpha value is -1.40. The lowest BCUT2D eigenvalue weighted by Crippen LogP contribution is -2.33. The van der Waals surface area contributed by atoms with Gasteiger partial charge in [-0.1, -0.05) is 0 Å². The molecule has 1 heterocycles. The van der Waals surface area contributed by atoms with Crippen LogP contribution < -0.4 is 10.6 Å². The van der Waals surface area contributed by atoms with Crippen LogP contribution in [0.2, 0.25) is 0 Å². The van der Waals surface area contributed by atoms with E-state index in [1.54, 1.807) is 13.2 Å². The minimum absolute atomic E-state index is 0.161. The number of aromatic nitrogens is 2. The Kier molecular flexibility index (Phi) is 5.80. The molecule has 0 atom stereocenters. The standard InChI is InChI=1S/C12H22N4O2/c1-9(2)16(5-4-6-17)12-7-10(13)14-11(15-12)8-18-3/h7,9,17H,4-6,8H2,1-3H3,(H2,13,14,15). The van der Waals surface area contributed by atoms with Gasteiger partial charge in [0.2, 0.25) is 0 Å². The molecule has 0 fully saturated rings. The van der Waals surface area contributed by atoms with Gasteiger partial charge in [0.1, 0.15) is 18.2 Å². The minimum Gasteiger partial charge on any atom is -0.396 e. The largest absolute Gasteiger partial charge is 0.396 e. The fourth-order valence-corrected chi connectivity index (χ4v) is 1.72. The molecule has 0 amide bonds. The molecule has 0 aliphatic heterocycles. The average Bonchev–Trinajstić information content (AvgIpc) is 2.28. The summed E-state index contributed by atoms with van der Waals surface area (Å²) in [4.78, 5) is 10.6. The molecule has 1 aromatic rings. The van der Waals surface area contributed by atoms with E-state index in [1.807, 2.05) is 0 Å². The molecule has 18 heavy (non-hydrogen) atoms. The number of nitrogen functional groups attached to an aromatic ring is 1. The zero-order chi connectivity index (χ0) is 13.5. The number of nitrogens with zero attached hydrogens (tertiary/aromatic N) is 3. The predicted octanol–water partition coefficient (Wildman–Crippen LogP) is 0.802. The number of ether oxygens (including phenoxy) is 1. The maximum atomic E-state index is 8.93. The molecule has 6 heteroatoms. The van der Waals surface area contributed by atoms with E-state index >= 15 is 0 Å². The maximum Gasteiger partial charge on any atom is 0.158 e. The van der Waals surface area contributed by atoms with Crippen LogP contribution in [0.5, 0.6) is 0 Å². The van der Waals surface area contributed by atoms with Crippen molar-refractivity contribution in [2.24, 2.45) is 0 Å². The highest BCUT2D eigenvalue weighted by molar-refractivity contribution is 5.47. The topological polar surface area (TPSA) is 84.5 Å². The van der Waals surface area contributed by atoms with E-state index in [9.17, 15) is 0 Å². The van der Waals surface area contributed by atoms with Crippen LogP contribution in [0.25, 0.3) is 0 Å². The summed E-state index contributed by atoms with van der Waals surface area (Å²) in [5, 5.41) is 8.93. The normalized spacial score (nSPS) is 10.9. The summed E-state index contributed by atoms with van der Waals surface area (Å²) >= 11 is 0. The van der Waals surface area contributed by atoms with Crippen LogP contribution in [-0.2, 0) is 11.3 Å². The van der Waals surface area contributed by atoms with Crippen LogP contribution in [-0.4, -0.2) is 41.4 Å². The molecule has 0 aliphatic carbocycles. The second-order valence-corrected chi connectivity index (χ2v) is 4.36. The monoisotopic (exact) mass is 254 g/mol. The number of aliphatic hydroxyl groups is 1. The molecule has 3 N–H and O–H groups in total. The van der Waals surface area contributed by atoms with Crippen LogP contribution in [0.3, 0.4) is 0 Å². The molecule has 0 spiro atoms. The van der Waals surface area contributed by atoms with E-state index in [0.717, 1.165) is 12.4 Å². The van der Waals surface area contributed by atoms with Crippen molar-refractivity contribution in [1.29, 1.82) is 0 Å². The molecular formula is C12H22N4O2. The predicted molar refractivity (Wildman–Crippen MR) is 71.3 cm³/mol. The third-order valence-corrected chi connectivity index (χ3v) is 2.53. The van der Waals surface area contributed by atoms with Gasteiger partial charge < -0.3 is 20.5 Å². The molecule has 0 saturated carbocycles. The Balaban J connectivity index is 2.95. The van der Waals surface area contributed by atoms with E-state index in [2.05, 4.69) is 28.7 Å². The van der Waals surface area contributed by atoms with E-state index in [-0.39, 0.29) is 12.6 Å². The van der Waals surface area contributed by atoms with Crippen LogP contribution in [0.4, 0.5) is 11.6 Å². The van der Waals surface area contributed by atoms with Crippen LogP contribution >= 0.6 is 0 Å². The fourth-order valence-electron chi connectivity index (χ4n) is 1.72. The summed E-state index contributed by atoms with van der Waals surface area (Å²) in [6.45, 7) is 5.38. The van der Waals surface area contributed by atoms with Crippen molar-refractivity contribution in [2.45, 2.75) is 32.9 Å². The molecule has 6 nitrogen and oxygen atoms in total. The average molecular weight is 254 g/mol. The Morgan fingerprint density at radius 3 is 2.72 bits per heavy atom. The second kappa shape index (κ2) is 7.13. The van der Waals surface area contributed by atoms with Crippen molar-refractivity contribution in [1.82, 2.24) is 9.97 Å². The van der Waals surface area contributed by atoms with Gasteiger partial charge in [0.15, 0.2) is 5.82 Å². The second-order valence-electron chi connectivity index (χ2n) is 4.36. The van der Waals surface area contributed by atoms with Gasteiger partial charge in [0.25, 0.3) is 0 Å². The van der Waals surface area contributed by atoms with E-state index in [4.69, 9.17) is 15.6 Å². The highest BCUT2D eigenvalue weighted by atomic mass is 16.5. The number of hydrogen-bond acceptors (Lipinski definition) is 6. The molecule has 0 radical (unpaired) electrons. The Morgan fingerprint density at radius 1 is 1.44 bits per heavy atom. The molecular weight excluding hydrogens is 232 g/mol. The minimum atomic E-state index is 0.161. The summed E-state index contributed by atoms with van der Waals surface area (Å²) in [6.07, 6.45) is 0.696. The first-order valence-electron chi connectivity index (χ1n) is 6.08. The van der Waals surface area contributed by atoms with Gasteiger partial charge in [-0.05, 0) is 20.3 Å². The summed E-state index contributed by atoms with van der Waals surface area (Å²) < 4.78 is 5.02. The van der Waals surface area contributed by atoms with Gasteiger partial charge in [0.05, 0.1) is 0 Å². The van der Waals surface area contributed by atoms with Gasteiger partial charge in [-0.3, -0.25) is 0 Å². The number of methoxy groups -OCH3 is 1. The fraction of sp³-hybridized carbons (Fsp3) is 0.667. The lowest BCUT2D eigenvalue weighted by molar-refractivity contribution is 0.178. The molecule has 102 valence electrons. The molecule has 1 aromatic heterocycles. The lowest BCUT2D eigenvalue weighted by atomic mass is 10.2. The van der Waals surface area contributed by atoms with Crippen molar-refractivity contribution < 1.29 is 9.84 Å². The van der Waals surface area contributed by atoms with Gasteiger partial charge >= 0.3 is 0 Å². The number of hydrogen-bond donors (Lipinski definition) is 2. The first-order valence-corrected chi connectivity index (χ1v) is 6.08. The lowest BCUT2D eigenvalue weighted by Gasteiger charge is -2.28. The van der Waals surface area contributed by atoms with Crippen molar-refractivity contribution in [3.05, 3.63) is 11.9 Å². The smallest absolute Gasteiger partial charge is 0.158 e. The highest BCUT2D eigenvalue weighted by Gasteiger charge is 2.13. The molecule has 0 unspecified atom stereocenters. The molecule has 1 rings (SSSR count). The van der Waals surface area contributed by atoms with E-state index in [1.165, 1.54) is 0 Å². The molecule has 0 aliphatic rings. The Bertz CT molecular complexity index is 371. The summed E-state index contributed by atoms with van der Waals surface area (Å²) in [6, 6.07) is 2.03. The number of anilines is 2. The van der Waals surface area contributed by atoms with Crippen molar-refractivity contribution in [3.8, 4) is 0 Å². The van der Waals surface area contributed by atoms with Crippen LogP contribution in [0, 0.1) is 0 Å². The summed E-state index contributed by atoms with van der Waals surface area (Å²) in [5.74, 6) is 1.78.